The van der Waals surface area contributed by atoms with E-state index in [0.29, 0.717) is 40.4 Å². The van der Waals surface area contributed by atoms with E-state index in [9.17, 15) is 13.2 Å². The van der Waals surface area contributed by atoms with Crippen molar-refractivity contribution in [2.45, 2.75) is 31.7 Å². The number of anilines is 2. The lowest BCUT2D eigenvalue weighted by Crippen LogP contribution is -2.37. The number of sulfonamides is 1. The Morgan fingerprint density at radius 2 is 2.03 bits per heavy atom. The van der Waals surface area contributed by atoms with Crippen LogP contribution in [-0.2, 0) is 14.8 Å². The van der Waals surface area contributed by atoms with Crippen LogP contribution in [0, 0.1) is 0 Å². The molecule has 14 heteroatoms. The first-order chi connectivity index (χ1) is 17.0. The van der Waals surface area contributed by atoms with E-state index in [2.05, 4.69) is 30.1 Å². The van der Waals surface area contributed by atoms with Crippen LogP contribution in [0.2, 0.25) is 10.0 Å². The van der Waals surface area contributed by atoms with Crippen molar-refractivity contribution in [2.24, 2.45) is 0 Å². The quantitative estimate of drug-likeness (QED) is 0.327. The van der Waals surface area contributed by atoms with E-state index in [1.54, 1.807) is 18.3 Å². The molecule has 4 rings (SSSR count). The van der Waals surface area contributed by atoms with Gasteiger partial charge in [-0.1, -0.05) is 23.2 Å². The number of methoxy groups -OCH3 is 1. The summed E-state index contributed by atoms with van der Waals surface area (Å²) in [7, 11) is -2.28. The number of amides is 1. The smallest absolute Gasteiger partial charge is 0.407 e. The highest BCUT2D eigenvalue weighted by atomic mass is 35.5. The van der Waals surface area contributed by atoms with Crippen LogP contribution in [-0.4, -0.2) is 55.4 Å². The Hall–Kier alpha value is -2.67. The zero-order chi connectivity index (χ0) is 26.0. The molecule has 1 saturated carbocycles. The molecule has 1 aliphatic carbocycles. The molecule has 2 aromatic heterocycles. The minimum Gasteiger partial charge on any atom is -0.453 e. The van der Waals surface area contributed by atoms with Crippen molar-refractivity contribution in [1.29, 1.82) is 0 Å². The second kappa shape index (κ2) is 10.8. The van der Waals surface area contributed by atoms with Gasteiger partial charge in [-0.15, -0.1) is 11.3 Å². The van der Waals surface area contributed by atoms with Crippen LogP contribution < -0.4 is 15.4 Å². The summed E-state index contributed by atoms with van der Waals surface area (Å²) in [6.07, 6.45) is 4.25. The highest BCUT2D eigenvalue weighted by molar-refractivity contribution is 7.92. The number of aromatic nitrogens is 3. The van der Waals surface area contributed by atoms with Gasteiger partial charge in [-0.3, -0.25) is 4.72 Å². The van der Waals surface area contributed by atoms with Crippen LogP contribution in [0.25, 0.3) is 21.8 Å². The number of carbonyl (C=O) groups is 1. The van der Waals surface area contributed by atoms with Gasteiger partial charge in [0.2, 0.25) is 16.0 Å². The predicted octanol–water partition coefficient (Wildman–Crippen LogP) is 4.98. The Kier molecular flexibility index (Phi) is 7.88. The Bertz CT molecular complexity index is 1400. The fourth-order valence-electron chi connectivity index (χ4n) is 3.36. The van der Waals surface area contributed by atoms with Crippen molar-refractivity contribution in [3.8, 4) is 21.8 Å². The number of thiazole rings is 1. The van der Waals surface area contributed by atoms with Gasteiger partial charge in [-0.25, -0.2) is 28.2 Å². The van der Waals surface area contributed by atoms with Crippen LogP contribution in [0.15, 0.2) is 24.4 Å². The molecule has 3 N–H and O–H groups in total. The Morgan fingerprint density at radius 3 is 2.69 bits per heavy atom. The number of carbonyl (C=O) groups excluding carboxylic acids is 1. The molecule has 0 saturated heterocycles. The first kappa shape index (κ1) is 26.4. The molecule has 1 fully saturated rings. The first-order valence-corrected chi connectivity index (χ1v) is 14.4. The largest absolute Gasteiger partial charge is 0.453 e. The number of alkyl carbamates (subject to hydrolysis) is 1. The Balaban J connectivity index is 1.70. The van der Waals surface area contributed by atoms with Gasteiger partial charge in [0.15, 0.2) is 0 Å². The molecule has 1 aromatic carbocycles. The van der Waals surface area contributed by atoms with Gasteiger partial charge in [0, 0.05) is 35.3 Å². The van der Waals surface area contributed by atoms with Crippen LogP contribution in [0.3, 0.4) is 0 Å². The van der Waals surface area contributed by atoms with Gasteiger partial charge < -0.3 is 15.4 Å². The molecule has 0 bridgehead atoms. The van der Waals surface area contributed by atoms with Crippen LogP contribution in [0.4, 0.5) is 16.4 Å². The zero-order valence-electron chi connectivity index (χ0n) is 19.6. The summed E-state index contributed by atoms with van der Waals surface area (Å²) in [4.78, 5) is 25.9. The molecule has 0 aliphatic heterocycles. The van der Waals surface area contributed by atoms with E-state index in [-0.39, 0.29) is 16.8 Å². The summed E-state index contributed by atoms with van der Waals surface area (Å²) in [5.74, 6) is 0.744. The van der Waals surface area contributed by atoms with Gasteiger partial charge in [-0.05, 0) is 38.0 Å². The molecule has 192 valence electrons. The SMILES string of the molecule is COC(=O)N[C@@H](C)CNc1nccc(-c2sc(C3CC3)nc2-c2cc(Cl)cc(NS(C)(=O)=O)c2Cl)n1. The average Bonchev–Trinajstić information content (AvgIpc) is 3.57. The van der Waals surface area contributed by atoms with Crippen LogP contribution >= 0.6 is 34.5 Å². The monoisotopic (exact) mass is 570 g/mol. The number of nitrogens with one attached hydrogen (secondary N) is 3. The van der Waals surface area contributed by atoms with E-state index in [1.807, 2.05) is 6.92 Å². The third kappa shape index (κ3) is 6.55. The van der Waals surface area contributed by atoms with Crippen molar-refractivity contribution >= 4 is 62.3 Å². The van der Waals surface area contributed by atoms with Gasteiger partial charge in [0.05, 0.1) is 45.3 Å². The normalized spacial score (nSPS) is 14.2. The summed E-state index contributed by atoms with van der Waals surface area (Å²) < 4.78 is 30.7. The molecule has 0 spiro atoms. The lowest BCUT2D eigenvalue weighted by molar-refractivity contribution is 0.168. The minimum absolute atomic E-state index is 0.172. The minimum atomic E-state index is -3.58. The van der Waals surface area contributed by atoms with Gasteiger partial charge in [0.25, 0.3) is 0 Å². The molecule has 36 heavy (non-hydrogen) atoms. The number of halogens is 2. The molecule has 1 amide bonds. The highest BCUT2D eigenvalue weighted by Crippen LogP contribution is 2.48. The maximum atomic E-state index is 11.8. The second-order valence-corrected chi connectivity index (χ2v) is 12.0. The number of ether oxygens (including phenoxy) is 1. The topological polar surface area (TPSA) is 135 Å². The third-order valence-electron chi connectivity index (χ3n) is 5.16. The molecule has 1 aliphatic rings. The molecule has 3 aromatic rings. The number of rotatable bonds is 9. The molecular weight excluding hydrogens is 547 g/mol. The molecule has 0 unspecified atom stereocenters. The van der Waals surface area contributed by atoms with Crippen LogP contribution in [0.5, 0.6) is 0 Å². The number of hydrogen-bond acceptors (Lipinski definition) is 9. The maximum absolute atomic E-state index is 11.8. The van der Waals surface area contributed by atoms with E-state index >= 15 is 0 Å². The number of nitrogens with zero attached hydrogens (tertiary/aromatic N) is 3. The number of hydrogen-bond donors (Lipinski definition) is 3. The van der Waals surface area contributed by atoms with E-state index in [0.717, 1.165) is 29.0 Å². The van der Waals surface area contributed by atoms with E-state index in [1.165, 1.54) is 24.5 Å². The van der Waals surface area contributed by atoms with E-state index < -0.39 is 16.1 Å². The Labute approximate surface area is 222 Å². The van der Waals surface area contributed by atoms with Gasteiger partial charge in [0.1, 0.15) is 0 Å². The average molecular weight is 572 g/mol. The summed E-state index contributed by atoms with van der Waals surface area (Å²) in [6, 6.07) is 4.66. The zero-order valence-corrected chi connectivity index (χ0v) is 22.8. The summed E-state index contributed by atoms with van der Waals surface area (Å²) in [5.41, 5.74) is 1.86. The standard InChI is InChI=1S/C22H24Cl2N6O4S2/c1-11(27-22(31)34-2)10-26-21-25-7-6-15(28-21)19-18(29-20(35-19)12-4-5-12)14-8-13(23)9-16(17(14)24)30-36(3,32)33/h6-9,11-12,30H,4-5,10H2,1-3H3,(H,27,31)(H,25,26,28)/t11-/m0/s1. The molecule has 0 radical (unpaired) electrons. The van der Waals surface area contributed by atoms with Crippen LogP contribution in [0.1, 0.15) is 30.7 Å². The molecule has 1 atom stereocenters. The molecule has 2 heterocycles. The van der Waals surface area contributed by atoms with Crippen molar-refractivity contribution in [3.05, 3.63) is 39.4 Å². The Morgan fingerprint density at radius 1 is 1.28 bits per heavy atom. The fraction of sp³-hybridized carbons (Fsp3) is 0.364. The summed E-state index contributed by atoms with van der Waals surface area (Å²) in [6.45, 7) is 2.20. The van der Waals surface area contributed by atoms with E-state index in [4.69, 9.17) is 28.2 Å². The number of benzene rings is 1. The van der Waals surface area contributed by atoms with Gasteiger partial charge in [-0.2, -0.15) is 0 Å². The molecule has 10 nitrogen and oxygen atoms in total. The second-order valence-electron chi connectivity index (χ2n) is 8.38. The van der Waals surface area contributed by atoms with Gasteiger partial charge >= 0.3 is 6.09 Å². The summed E-state index contributed by atoms with van der Waals surface area (Å²) in [5, 5.41) is 7.23. The predicted molar refractivity (Wildman–Crippen MR) is 143 cm³/mol. The summed E-state index contributed by atoms with van der Waals surface area (Å²) >= 11 is 14.5. The lowest BCUT2D eigenvalue weighted by Gasteiger charge is -2.14. The van der Waals surface area contributed by atoms with Crippen molar-refractivity contribution in [3.63, 3.8) is 0 Å². The first-order valence-electron chi connectivity index (χ1n) is 10.9. The lowest BCUT2D eigenvalue weighted by atomic mass is 10.1. The fourth-order valence-corrected chi connectivity index (χ4v) is 5.66. The molecular formula is C22H24Cl2N6O4S2. The van der Waals surface area contributed by atoms with Crippen molar-refractivity contribution in [1.82, 2.24) is 20.3 Å². The maximum Gasteiger partial charge on any atom is 0.407 e. The highest BCUT2D eigenvalue weighted by Gasteiger charge is 2.30. The third-order valence-corrected chi connectivity index (χ3v) is 7.62. The van der Waals surface area contributed by atoms with Crippen molar-refractivity contribution in [2.75, 3.05) is 29.9 Å². The van der Waals surface area contributed by atoms with Crippen molar-refractivity contribution < 1.29 is 17.9 Å².